The SMILES string of the molecule is CC1(C)CC(C)(C)C2(C)c3cc(-c4ccc5c(c4)C(C)(C)c4ccccc4-5)ccc3N(c3ccccc3)C2(C)C1. The number of fused-ring (bicyclic) bond motifs is 6. The molecule has 4 aromatic rings. The first-order chi connectivity index (χ1) is 18.8. The van der Waals surface area contributed by atoms with Crippen molar-refractivity contribution in [3.05, 3.63) is 108 Å². The van der Waals surface area contributed by atoms with Crippen molar-refractivity contribution in [2.75, 3.05) is 4.90 Å². The molecule has 0 bridgehead atoms. The van der Waals surface area contributed by atoms with Crippen LogP contribution in [0.2, 0.25) is 0 Å². The fraction of sp³-hybridized carbons (Fsp3) is 0.385. The van der Waals surface area contributed by atoms with Crippen molar-refractivity contribution in [2.45, 2.75) is 84.6 Å². The van der Waals surface area contributed by atoms with Crippen molar-refractivity contribution in [2.24, 2.45) is 10.8 Å². The summed E-state index contributed by atoms with van der Waals surface area (Å²) in [5.74, 6) is 0. The van der Waals surface area contributed by atoms with Gasteiger partial charge in [0.25, 0.3) is 0 Å². The summed E-state index contributed by atoms with van der Waals surface area (Å²) in [6.07, 6.45) is 2.37. The number of nitrogens with zero attached hydrogens (tertiary/aromatic N) is 1. The Kier molecular flexibility index (Phi) is 5.07. The van der Waals surface area contributed by atoms with Gasteiger partial charge >= 0.3 is 0 Å². The molecule has 1 heterocycles. The molecular formula is C39H43N. The highest BCUT2D eigenvalue weighted by atomic mass is 15.3. The second-order valence-corrected chi connectivity index (χ2v) is 15.1. The number of para-hydroxylation sites is 1. The Morgan fingerprint density at radius 1 is 0.550 bits per heavy atom. The molecule has 1 nitrogen and oxygen atoms in total. The van der Waals surface area contributed by atoms with Crippen molar-refractivity contribution < 1.29 is 0 Å². The van der Waals surface area contributed by atoms with E-state index in [1.807, 2.05) is 0 Å². The van der Waals surface area contributed by atoms with Crippen LogP contribution in [0.3, 0.4) is 0 Å². The molecule has 0 amide bonds. The Morgan fingerprint density at radius 2 is 1.15 bits per heavy atom. The van der Waals surface area contributed by atoms with Crippen LogP contribution in [0.15, 0.2) is 91.0 Å². The topological polar surface area (TPSA) is 3.24 Å². The summed E-state index contributed by atoms with van der Waals surface area (Å²) in [5, 5.41) is 0. The number of benzene rings is 4. The van der Waals surface area contributed by atoms with Gasteiger partial charge in [-0.15, -0.1) is 0 Å². The van der Waals surface area contributed by atoms with Gasteiger partial charge in [-0.05, 0) is 99.9 Å². The van der Waals surface area contributed by atoms with E-state index in [0.29, 0.717) is 0 Å². The van der Waals surface area contributed by atoms with E-state index in [-0.39, 0.29) is 27.2 Å². The normalized spacial score (nSPS) is 26.6. The minimum absolute atomic E-state index is 0.00423. The van der Waals surface area contributed by atoms with E-state index in [4.69, 9.17) is 0 Å². The Labute approximate surface area is 241 Å². The predicted molar refractivity (Wildman–Crippen MR) is 171 cm³/mol. The quantitative estimate of drug-likeness (QED) is 0.251. The lowest BCUT2D eigenvalue weighted by atomic mass is 9.45. The second-order valence-electron chi connectivity index (χ2n) is 15.1. The molecule has 40 heavy (non-hydrogen) atoms. The fourth-order valence-corrected chi connectivity index (χ4v) is 9.69. The predicted octanol–water partition coefficient (Wildman–Crippen LogP) is 10.7. The lowest BCUT2D eigenvalue weighted by Crippen LogP contribution is -2.65. The fourth-order valence-electron chi connectivity index (χ4n) is 9.69. The van der Waals surface area contributed by atoms with Gasteiger partial charge in [0.2, 0.25) is 0 Å². The summed E-state index contributed by atoms with van der Waals surface area (Å²) < 4.78 is 0. The maximum Gasteiger partial charge on any atom is 0.0528 e. The highest BCUT2D eigenvalue weighted by molar-refractivity contribution is 5.85. The van der Waals surface area contributed by atoms with Crippen LogP contribution in [0.5, 0.6) is 0 Å². The zero-order chi connectivity index (χ0) is 28.3. The molecule has 2 unspecified atom stereocenters. The number of rotatable bonds is 2. The zero-order valence-corrected chi connectivity index (χ0v) is 25.5. The molecule has 4 aromatic carbocycles. The Morgan fingerprint density at radius 3 is 1.88 bits per heavy atom. The van der Waals surface area contributed by atoms with Gasteiger partial charge in [0.15, 0.2) is 0 Å². The van der Waals surface area contributed by atoms with E-state index in [0.717, 1.165) is 6.42 Å². The van der Waals surface area contributed by atoms with Crippen molar-refractivity contribution in [1.29, 1.82) is 0 Å². The third-order valence-electron chi connectivity index (χ3n) is 11.4. The molecular weight excluding hydrogens is 482 g/mol. The van der Waals surface area contributed by atoms with Crippen molar-refractivity contribution in [3.8, 4) is 22.3 Å². The van der Waals surface area contributed by atoms with Crippen LogP contribution >= 0.6 is 0 Å². The van der Waals surface area contributed by atoms with E-state index in [1.54, 1.807) is 0 Å². The molecule has 1 aliphatic heterocycles. The Balaban J connectivity index is 1.43. The van der Waals surface area contributed by atoms with Crippen molar-refractivity contribution in [1.82, 2.24) is 0 Å². The first-order valence-corrected chi connectivity index (χ1v) is 15.0. The first-order valence-electron chi connectivity index (χ1n) is 15.0. The van der Waals surface area contributed by atoms with Crippen LogP contribution in [0, 0.1) is 10.8 Å². The molecule has 2 atom stereocenters. The summed E-state index contributed by atoms with van der Waals surface area (Å²) in [6.45, 7) is 19.8. The maximum atomic E-state index is 2.69. The lowest BCUT2D eigenvalue weighted by Gasteiger charge is -2.62. The molecule has 0 radical (unpaired) electrons. The summed E-state index contributed by atoms with van der Waals surface area (Å²) >= 11 is 0. The Bertz CT molecular complexity index is 1660. The standard InChI is InChI=1S/C39H43N/c1-35(2)24-36(3,4)39(8)33-23-27(19-21-34(33)40(38(39,7)25-35)28-14-10-9-11-15-28)26-18-20-30-29-16-12-13-17-31(29)37(5,6)32(30)22-26/h9-23H,24-25H2,1-8H3. The zero-order valence-electron chi connectivity index (χ0n) is 25.5. The molecule has 0 N–H and O–H groups in total. The van der Waals surface area contributed by atoms with Gasteiger partial charge in [-0.25, -0.2) is 0 Å². The van der Waals surface area contributed by atoms with Gasteiger partial charge in [0.05, 0.1) is 5.54 Å². The summed E-state index contributed by atoms with van der Waals surface area (Å²) in [6, 6.07) is 34.5. The van der Waals surface area contributed by atoms with E-state index < -0.39 is 0 Å². The van der Waals surface area contributed by atoms with E-state index >= 15 is 0 Å². The number of hydrogen-bond acceptors (Lipinski definition) is 1. The van der Waals surface area contributed by atoms with E-state index in [2.05, 4.69) is 151 Å². The van der Waals surface area contributed by atoms with Crippen LogP contribution in [0.4, 0.5) is 11.4 Å². The van der Waals surface area contributed by atoms with Gasteiger partial charge in [0, 0.05) is 22.2 Å². The van der Waals surface area contributed by atoms with Crippen LogP contribution in [-0.2, 0) is 10.8 Å². The molecule has 2 aliphatic carbocycles. The molecule has 0 spiro atoms. The average Bonchev–Trinajstić information content (AvgIpc) is 3.25. The molecule has 1 fully saturated rings. The third-order valence-corrected chi connectivity index (χ3v) is 11.4. The van der Waals surface area contributed by atoms with Crippen LogP contribution in [0.1, 0.15) is 84.9 Å². The monoisotopic (exact) mass is 525 g/mol. The van der Waals surface area contributed by atoms with Crippen LogP contribution in [0.25, 0.3) is 22.3 Å². The van der Waals surface area contributed by atoms with Crippen molar-refractivity contribution >= 4 is 11.4 Å². The van der Waals surface area contributed by atoms with E-state index in [9.17, 15) is 0 Å². The smallest absolute Gasteiger partial charge is 0.0528 e. The van der Waals surface area contributed by atoms with Crippen molar-refractivity contribution in [3.63, 3.8) is 0 Å². The minimum atomic E-state index is -0.0396. The Hall–Kier alpha value is -3.32. The van der Waals surface area contributed by atoms with Gasteiger partial charge in [-0.2, -0.15) is 0 Å². The summed E-state index contributed by atoms with van der Waals surface area (Å²) in [5.41, 5.74) is 12.8. The number of anilines is 2. The molecule has 3 aliphatic rings. The largest absolute Gasteiger partial charge is 0.334 e. The van der Waals surface area contributed by atoms with Gasteiger partial charge in [0.1, 0.15) is 0 Å². The molecule has 7 rings (SSSR count). The maximum absolute atomic E-state index is 2.69. The van der Waals surface area contributed by atoms with Gasteiger partial charge in [-0.1, -0.05) is 109 Å². The van der Waals surface area contributed by atoms with E-state index in [1.165, 1.54) is 56.7 Å². The highest BCUT2D eigenvalue weighted by Gasteiger charge is 2.67. The van der Waals surface area contributed by atoms with Crippen LogP contribution in [-0.4, -0.2) is 5.54 Å². The van der Waals surface area contributed by atoms with Crippen LogP contribution < -0.4 is 4.90 Å². The van der Waals surface area contributed by atoms with Gasteiger partial charge in [-0.3, -0.25) is 0 Å². The lowest BCUT2D eigenvalue weighted by molar-refractivity contribution is -0.0236. The molecule has 1 heteroatoms. The summed E-state index contributed by atoms with van der Waals surface area (Å²) in [7, 11) is 0. The molecule has 0 saturated heterocycles. The number of hydrogen-bond donors (Lipinski definition) is 0. The molecule has 204 valence electrons. The minimum Gasteiger partial charge on any atom is -0.334 e. The van der Waals surface area contributed by atoms with Gasteiger partial charge < -0.3 is 4.90 Å². The average molecular weight is 526 g/mol. The molecule has 0 aromatic heterocycles. The third kappa shape index (κ3) is 3.15. The first kappa shape index (κ1) is 25.6. The highest BCUT2D eigenvalue weighted by Crippen LogP contribution is 2.70. The molecule has 1 saturated carbocycles. The summed E-state index contributed by atoms with van der Waals surface area (Å²) in [4.78, 5) is 2.69. The second kappa shape index (κ2) is 7.90.